The van der Waals surface area contributed by atoms with Gasteiger partial charge < -0.3 is 4.74 Å². The zero-order chi connectivity index (χ0) is 21.5. The van der Waals surface area contributed by atoms with Gasteiger partial charge in [0.05, 0.1) is 23.0 Å². The number of rotatable bonds is 7. The smallest absolute Gasteiger partial charge is 0.139 e. The van der Waals surface area contributed by atoms with Gasteiger partial charge in [0.25, 0.3) is 0 Å². The second kappa shape index (κ2) is 7.69. The van der Waals surface area contributed by atoms with Crippen molar-refractivity contribution < 1.29 is 4.74 Å². The normalized spacial score (nSPS) is 29.1. The first-order chi connectivity index (χ1) is 14.5. The zero-order valence-electron chi connectivity index (χ0n) is 17.8. The van der Waals surface area contributed by atoms with Gasteiger partial charge in [0.2, 0.25) is 0 Å². The van der Waals surface area contributed by atoms with Crippen LogP contribution in [0.25, 0.3) is 0 Å². The number of ether oxygens (including phenoxy) is 1. The lowest BCUT2D eigenvalue weighted by Crippen LogP contribution is -2.64. The number of fused-ring (bicyclic) bond motifs is 4. The molecule has 4 unspecified atom stereocenters. The van der Waals surface area contributed by atoms with Crippen LogP contribution < -0.4 is 5.32 Å². The lowest BCUT2D eigenvalue weighted by Gasteiger charge is -2.60. The fourth-order valence-electron chi connectivity index (χ4n) is 5.42. The molecule has 0 aromatic heterocycles. The van der Waals surface area contributed by atoms with E-state index in [0.29, 0.717) is 12.5 Å². The Hall–Kier alpha value is -2.98. The summed E-state index contributed by atoms with van der Waals surface area (Å²) < 4.78 is 5.75. The number of allylic oxidation sites excluding steroid dienone is 3. The van der Waals surface area contributed by atoms with Crippen LogP contribution in [0.5, 0.6) is 0 Å². The van der Waals surface area contributed by atoms with E-state index in [1.807, 2.05) is 25.3 Å². The minimum Gasteiger partial charge on any atom is -0.478 e. The van der Waals surface area contributed by atoms with E-state index in [2.05, 4.69) is 62.8 Å². The molecule has 4 atom stereocenters. The molecule has 1 spiro atoms. The van der Waals surface area contributed by atoms with Gasteiger partial charge in [-0.05, 0) is 38.1 Å². The molecule has 2 heterocycles. The maximum Gasteiger partial charge on any atom is 0.139 e. The van der Waals surface area contributed by atoms with Gasteiger partial charge in [-0.1, -0.05) is 55.7 Å². The second-order valence-electron chi connectivity index (χ2n) is 8.13. The van der Waals surface area contributed by atoms with Crippen LogP contribution in [0.2, 0.25) is 0 Å². The standard InChI is InChI=1S/C26H29N3O/c1-7-20-25-24(19-13-11-10-12-18(19)21(8-2)28-25)26(20)14-16(4)23(22(9-3)29-26)17(5)30-15-27-6/h7-13,20,24-25,27H,1-3,5,14-15H2,4,6H3. The van der Waals surface area contributed by atoms with Gasteiger partial charge in [-0.2, -0.15) is 0 Å². The van der Waals surface area contributed by atoms with Crippen LogP contribution in [-0.2, 0) is 4.74 Å². The van der Waals surface area contributed by atoms with Crippen molar-refractivity contribution in [1.82, 2.24) is 5.32 Å². The fraction of sp³-hybridized carbons (Fsp3) is 0.308. The summed E-state index contributed by atoms with van der Waals surface area (Å²) >= 11 is 0. The first-order valence-corrected chi connectivity index (χ1v) is 10.3. The van der Waals surface area contributed by atoms with Gasteiger partial charge in [0.15, 0.2) is 0 Å². The Bertz CT molecular complexity index is 1030. The van der Waals surface area contributed by atoms with E-state index in [1.54, 1.807) is 0 Å². The summed E-state index contributed by atoms with van der Waals surface area (Å²) in [7, 11) is 1.84. The predicted molar refractivity (Wildman–Crippen MR) is 125 cm³/mol. The monoisotopic (exact) mass is 399 g/mol. The number of nitrogens with zero attached hydrogens (tertiary/aromatic N) is 2. The summed E-state index contributed by atoms with van der Waals surface area (Å²) in [6.07, 6.45) is 6.50. The van der Waals surface area contributed by atoms with Gasteiger partial charge >= 0.3 is 0 Å². The summed E-state index contributed by atoms with van der Waals surface area (Å²) in [5.74, 6) is 0.958. The number of benzene rings is 1. The molecule has 30 heavy (non-hydrogen) atoms. The molecule has 0 amide bonds. The molecule has 1 aliphatic carbocycles. The maximum atomic E-state index is 5.75. The Kier molecular flexibility index (Phi) is 5.20. The lowest BCUT2D eigenvalue weighted by molar-refractivity contribution is 0.0910. The van der Waals surface area contributed by atoms with Crippen LogP contribution >= 0.6 is 0 Å². The summed E-state index contributed by atoms with van der Waals surface area (Å²) in [5.41, 5.74) is 6.08. The van der Waals surface area contributed by atoms with Crippen LogP contribution in [0.1, 0.15) is 30.4 Å². The molecule has 0 bridgehead atoms. The first kappa shape index (κ1) is 20.3. The van der Waals surface area contributed by atoms with Crippen LogP contribution in [0.4, 0.5) is 0 Å². The highest BCUT2D eigenvalue weighted by atomic mass is 16.5. The van der Waals surface area contributed by atoms with Gasteiger partial charge in [-0.3, -0.25) is 15.3 Å². The molecule has 2 aliphatic heterocycles. The van der Waals surface area contributed by atoms with Crippen LogP contribution in [0.15, 0.2) is 95.7 Å². The molecule has 154 valence electrons. The molecule has 1 aromatic carbocycles. The predicted octanol–water partition coefficient (Wildman–Crippen LogP) is 4.74. The number of nitrogens with one attached hydrogen (secondary N) is 1. The quantitative estimate of drug-likeness (QED) is 0.409. The third kappa shape index (κ3) is 2.78. The molecule has 4 nitrogen and oxygen atoms in total. The Labute approximate surface area is 179 Å². The third-order valence-corrected chi connectivity index (χ3v) is 6.56. The Morgan fingerprint density at radius 3 is 2.63 bits per heavy atom. The van der Waals surface area contributed by atoms with E-state index < -0.39 is 0 Å². The molecule has 1 aromatic rings. The van der Waals surface area contributed by atoms with Crippen molar-refractivity contribution in [3.05, 3.63) is 96.8 Å². The molecule has 1 N–H and O–H groups in total. The van der Waals surface area contributed by atoms with Crippen LogP contribution in [-0.4, -0.2) is 36.8 Å². The highest BCUT2D eigenvalue weighted by Crippen LogP contribution is 2.61. The van der Waals surface area contributed by atoms with Gasteiger partial charge in [-0.15, -0.1) is 6.58 Å². The Balaban J connectivity index is 1.81. The maximum absolute atomic E-state index is 5.75. The molecule has 0 radical (unpaired) electrons. The largest absolute Gasteiger partial charge is 0.478 e. The van der Waals surface area contributed by atoms with E-state index in [4.69, 9.17) is 14.7 Å². The minimum atomic E-state index is -0.320. The van der Waals surface area contributed by atoms with Gasteiger partial charge in [0, 0.05) is 23.0 Å². The Morgan fingerprint density at radius 2 is 1.97 bits per heavy atom. The van der Waals surface area contributed by atoms with Crippen molar-refractivity contribution >= 4 is 11.4 Å². The minimum absolute atomic E-state index is 0.123. The molecule has 0 saturated heterocycles. The second-order valence-corrected chi connectivity index (χ2v) is 8.13. The van der Waals surface area contributed by atoms with E-state index >= 15 is 0 Å². The number of dihydropyridines is 1. The van der Waals surface area contributed by atoms with Crippen molar-refractivity contribution in [3.8, 4) is 0 Å². The number of hydrogen-bond acceptors (Lipinski definition) is 4. The van der Waals surface area contributed by atoms with Crippen molar-refractivity contribution in [2.24, 2.45) is 15.9 Å². The average molecular weight is 400 g/mol. The highest BCUT2D eigenvalue weighted by Gasteiger charge is 2.64. The van der Waals surface area contributed by atoms with E-state index in [-0.39, 0.29) is 23.4 Å². The lowest BCUT2D eigenvalue weighted by atomic mass is 9.49. The molecular formula is C26H29N3O. The molecule has 4 heteroatoms. The molecule has 4 rings (SSSR count). The van der Waals surface area contributed by atoms with Crippen molar-refractivity contribution in [1.29, 1.82) is 0 Å². The average Bonchev–Trinajstić information content (AvgIpc) is 2.75. The van der Waals surface area contributed by atoms with Crippen molar-refractivity contribution in [2.45, 2.75) is 30.8 Å². The fourth-order valence-corrected chi connectivity index (χ4v) is 5.42. The summed E-state index contributed by atoms with van der Waals surface area (Å²) in [5, 5.41) is 2.99. The van der Waals surface area contributed by atoms with E-state index in [9.17, 15) is 0 Å². The highest BCUT2D eigenvalue weighted by molar-refractivity contribution is 6.13. The molecule has 1 saturated carbocycles. The van der Waals surface area contributed by atoms with Gasteiger partial charge in [0.1, 0.15) is 12.5 Å². The molecular weight excluding hydrogens is 370 g/mol. The molecule has 1 fully saturated rings. The molecule has 3 aliphatic rings. The summed E-state index contributed by atoms with van der Waals surface area (Å²) in [6, 6.07) is 8.61. The van der Waals surface area contributed by atoms with Crippen LogP contribution in [0.3, 0.4) is 0 Å². The number of aliphatic imine (C=N–C) groups is 2. The van der Waals surface area contributed by atoms with E-state index in [0.717, 1.165) is 29.0 Å². The topological polar surface area (TPSA) is 46.0 Å². The van der Waals surface area contributed by atoms with Crippen LogP contribution in [0, 0.1) is 5.92 Å². The van der Waals surface area contributed by atoms with Crippen molar-refractivity contribution in [3.63, 3.8) is 0 Å². The SMILES string of the molecule is C=CC1=NC2(CC(C)=C1C(=C)OCNC)C(C=C)C1N=C(C=C)c3ccccc3C12. The zero-order valence-corrected chi connectivity index (χ0v) is 17.8. The summed E-state index contributed by atoms with van der Waals surface area (Å²) in [4.78, 5) is 10.3. The first-order valence-electron chi connectivity index (χ1n) is 10.3. The number of hydrogen-bond donors (Lipinski definition) is 1. The Morgan fingerprint density at radius 1 is 1.23 bits per heavy atom. The summed E-state index contributed by atoms with van der Waals surface area (Å²) in [6.45, 7) is 18.8. The van der Waals surface area contributed by atoms with E-state index in [1.165, 1.54) is 11.1 Å². The third-order valence-electron chi connectivity index (χ3n) is 6.56. The van der Waals surface area contributed by atoms with Gasteiger partial charge in [-0.25, -0.2) is 0 Å². The van der Waals surface area contributed by atoms with Crippen molar-refractivity contribution in [2.75, 3.05) is 13.8 Å².